The molecule has 5 heteroatoms. The predicted molar refractivity (Wildman–Crippen MR) is 121 cm³/mol. The van der Waals surface area contributed by atoms with Gasteiger partial charge in [-0.2, -0.15) is 0 Å². The zero-order valence-corrected chi connectivity index (χ0v) is 20.0. The Balaban J connectivity index is 1.82. The highest BCUT2D eigenvalue weighted by Crippen LogP contribution is 2.36. The molecule has 30 heavy (non-hydrogen) atoms. The summed E-state index contributed by atoms with van der Waals surface area (Å²) in [5.41, 5.74) is 5.38. The van der Waals surface area contributed by atoms with E-state index >= 15 is 0 Å². The van der Waals surface area contributed by atoms with Gasteiger partial charge in [0.2, 0.25) is 13.3 Å². The van der Waals surface area contributed by atoms with Gasteiger partial charge < -0.3 is 24.7 Å². The van der Waals surface area contributed by atoms with E-state index in [1.54, 1.807) is 0 Å². The lowest BCUT2D eigenvalue weighted by Crippen LogP contribution is -2.36. The van der Waals surface area contributed by atoms with Crippen molar-refractivity contribution in [1.29, 1.82) is 0 Å². The quantitative estimate of drug-likeness (QED) is 0.751. The topological polar surface area (TPSA) is 33.2 Å². The molecule has 2 heterocycles. The van der Waals surface area contributed by atoms with Crippen LogP contribution in [0.3, 0.4) is 0 Å². The van der Waals surface area contributed by atoms with Gasteiger partial charge in [0, 0.05) is 49.0 Å². The maximum Gasteiger partial charge on any atom is 0.208 e. The summed E-state index contributed by atoms with van der Waals surface area (Å²) < 4.78 is 0. The Hall–Kier alpha value is -2.30. The zero-order chi connectivity index (χ0) is 22.4. The fourth-order valence-electron chi connectivity index (χ4n) is 3.75. The molecule has 1 aromatic carbocycles. The van der Waals surface area contributed by atoms with Crippen molar-refractivity contribution in [3.8, 4) is 5.75 Å². The van der Waals surface area contributed by atoms with Gasteiger partial charge in [-0.3, -0.25) is 0 Å². The summed E-state index contributed by atoms with van der Waals surface area (Å²) in [5.74, 6) is 0.386. The van der Waals surface area contributed by atoms with Gasteiger partial charge in [0.25, 0.3) is 0 Å². The van der Waals surface area contributed by atoms with Crippen LogP contribution in [-0.2, 0) is 13.1 Å². The molecule has 1 N–H and O–H groups in total. The average Bonchev–Trinajstić information content (AvgIpc) is 3.29. The van der Waals surface area contributed by atoms with Crippen LogP contribution in [0.2, 0.25) is 0 Å². The molecule has 0 unspecified atom stereocenters. The smallest absolute Gasteiger partial charge is 0.208 e. The Morgan fingerprint density at radius 1 is 0.667 bits per heavy atom. The van der Waals surface area contributed by atoms with Crippen molar-refractivity contribution in [3.63, 3.8) is 0 Å². The Bertz CT molecular complexity index is 790. The van der Waals surface area contributed by atoms with Crippen molar-refractivity contribution in [1.82, 2.24) is 19.6 Å². The maximum absolute atomic E-state index is 10.9. The number of benzene rings is 1. The van der Waals surface area contributed by atoms with Crippen LogP contribution in [0.5, 0.6) is 5.75 Å². The third-order valence-corrected chi connectivity index (χ3v) is 5.89. The van der Waals surface area contributed by atoms with Crippen LogP contribution >= 0.6 is 0 Å². The molecule has 0 atom stereocenters. The van der Waals surface area contributed by atoms with Crippen molar-refractivity contribution in [3.05, 3.63) is 66.0 Å². The van der Waals surface area contributed by atoms with Crippen LogP contribution in [0.25, 0.3) is 0 Å². The summed E-state index contributed by atoms with van der Waals surface area (Å²) in [6.45, 7) is 27.3. The van der Waals surface area contributed by atoms with Crippen LogP contribution in [0.1, 0.15) is 69.4 Å². The van der Waals surface area contributed by atoms with Gasteiger partial charge in [0.1, 0.15) is 5.75 Å². The summed E-state index contributed by atoms with van der Waals surface area (Å²) >= 11 is 0. The second-order valence-electron chi connectivity index (χ2n) is 10.3. The minimum absolute atomic E-state index is 0.0113. The predicted octanol–water partition coefficient (Wildman–Crippen LogP) is 5.08. The van der Waals surface area contributed by atoms with Crippen LogP contribution in [-0.4, -0.2) is 35.8 Å². The molecule has 0 aromatic heterocycles. The van der Waals surface area contributed by atoms with Crippen molar-refractivity contribution in [2.45, 2.75) is 86.5 Å². The molecule has 1 aromatic rings. The minimum Gasteiger partial charge on any atom is -0.507 e. The molecule has 0 amide bonds. The minimum atomic E-state index is -0.0113. The monoisotopic (exact) mass is 408 g/mol. The highest BCUT2D eigenvalue weighted by atomic mass is 16.3. The van der Waals surface area contributed by atoms with Crippen LogP contribution < -0.4 is 0 Å². The first kappa shape index (κ1) is 22.4. The first-order valence-corrected chi connectivity index (χ1v) is 10.6. The first-order chi connectivity index (χ1) is 13.8. The molecule has 2 aliphatic rings. The standard InChI is InChI=1S/C25H36N4O/c1-18-21(14-26-10-12-28(16-26)24(4,5)6)19(2)23(30)20(3)22(18)15-27-11-13-29(17-27)25(7,8)9/h10-13,30H,14-15H2,1-9H3. The van der Waals surface area contributed by atoms with Gasteiger partial charge >= 0.3 is 0 Å². The first-order valence-electron chi connectivity index (χ1n) is 10.6. The number of hydrogen-bond acceptors (Lipinski definition) is 5. The molecule has 0 bridgehead atoms. The fourth-order valence-corrected chi connectivity index (χ4v) is 3.75. The SMILES string of the molecule is Cc1c(O)c(C)c(CN2[C]N(C(C)(C)C)C=C2)c(C)c1CN1[C]N(C(C)(C)C)C=C1. The summed E-state index contributed by atoms with van der Waals surface area (Å²) in [7, 11) is 0. The molecular weight excluding hydrogens is 372 g/mol. The zero-order valence-electron chi connectivity index (χ0n) is 20.0. The number of aromatic hydroxyl groups is 1. The van der Waals surface area contributed by atoms with Gasteiger partial charge in [-0.05, 0) is 90.1 Å². The van der Waals surface area contributed by atoms with Crippen LogP contribution in [0.4, 0.5) is 0 Å². The summed E-state index contributed by atoms with van der Waals surface area (Å²) in [6.07, 6.45) is 8.21. The molecule has 0 fully saturated rings. The lowest BCUT2D eigenvalue weighted by Gasteiger charge is -2.32. The summed E-state index contributed by atoms with van der Waals surface area (Å²) in [4.78, 5) is 8.31. The van der Waals surface area contributed by atoms with Gasteiger partial charge in [-0.25, -0.2) is 0 Å². The van der Waals surface area contributed by atoms with Crippen LogP contribution in [0.15, 0.2) is 24.8 Å². The normalized spacial score (nSPS) is 17.1. The van der Waals surface area contributed by atoms with Gasteiger partial charge in [0.15, 0.2) is 0 Å². The lowest BCUT2D eigenvalue weighted by atomic mass is 9.91. The Labute approximate surface area is 183 Å². The number of phenols is 1. The molecule has 4 radical (unpaired) electrons. The number of rotatable bonds is 4. The molecule has 0 saturated carbocycles. The van der Waals surface area contributed by atoms with E-state index in [2.05, 4.69) is 93.8 Å². The van der Waals surface area contributed by atoms with E-state index in [0.29, 0.717) is 18.8 Å². The third kappa shape index (κ3) is 4.40. The number of hydrogen-bond donors (Lipinski definition) is 1. The number of nitrogens with zero attached hydrogens (tertiary/aromatic N) is 4. The molecule has 0 saturated heterocycles. The number of phenolic OH excluding ortho intramolecular Hbond substituents is 1. The lowest BCUT2D eigenvalue weighted by molar-refractivity contribution is 0.213. The van der Waals surface area contributed by atoms with E-state index in [0.717, 1.165) is 22.3 Å². The largest absolute Gasteiger partial charge is 0.507 e. The molecule has 2 aliphatic heterocycles. The van der Waals surface area contributed by atoms with E-state index in [9.17, 15) is 5.11 Å². The molecule has 5 nitrogen and oxygen atoms in total. The van der Waals surface area contributed by atoms with E-state index in [1.165, 1.54) is 5.56 Å². The van der Waals surface area contributed by atoms with Gasteiger partial charge in [0.05, 0.1) is 0 Å². The molecule has 3 rings (SSSR count). The highest BCUT2D eigenvalue weighted by molar-refractivity contribution is 5.54. The Kier molecular flexibility index (Phi) is 5.78. The maximum atomic E-state index is 10.9. The van der Waals surface area contributed by atoms with Gasteiger partial charge in [-0.1, -0.05) is 0 Å². The van der Waals surface area contributed by atoms with Crippen molar-refractivity contribution in [2.75, 3.05) is 0 Å². The highest BCUT2D eigenvalue weighted by Gasteiger charge is 2.28. The second-order valence-corrected chi connectivity index (χ2v) is 10.3. The second kappa shape index (κ2) is 7.75. The van der Waals surface area contributed by atoms with E-state index in [4.69, 9.17) is 0 Å². The van der Waals surface area contributed by atoms with Crippen molar-refractivity contribution >= 4 is 0 Å². The van der Waals surface area contributed by atoms with Gasteiger partial charge in [-0.15, -0.1) is 0 Å². The Morgan fingerprint density at radius 2 is 1.03 bits per heavy atom. The van der Waals surface area contributed by atoms with E-state index in [-0.39, 0.29) is 11.1 Å². The Morgan fingerprint density at radius 3 is 1.33 bits per heavy atom. The molecule has 162 valence electrons. The summed E-state index contributed by atoms with van der Waals surface area (Å²) in [5, 5.41) is 10.9. The fraction of sp³-hybridized carbons (Fsp3) is 0.520. The van der Waals surface area contributed by atoms with Crippen molar-refractivity contribution < 1.29 is 5.11 Å². The molecule has 0 aliphatic carbocycles. The summed E-state index contributed by atoms with van der Waals surface area (Å²) in [6, 6.07) is 0. The van der Waals surface area contributed by atoms with Crippen LogP contribution in [0, 0.1) is 34.1 Å². The average molecular weight is 409 g/mol. The molecule has 0 spiro atoms. The van der Waals surface area contributed by atoms with E-state index < -0.39 is 0 Å². The third-order valence-electron chi connectivity index (χ3n) is 5.89. The molecular formula is C25H36N4O. The van der Waals surface area contributed by atoms with Crippen molar-refractivity contribution in [2.24, 2.45) is 0 Å². The van der Waals surface area contributed by atoms with E-state index in [1.807, 2.05) is 26.2 Å².